The molecule has 0 saturated heterocycles. The number of fused-ring (bicyclic) bond motifs is 3. The summed E-state index contributed by atoms with van der Waals surface area (Å²) in [6.07, 6.45) is 0. The summed E-state index contributed by atoms with van der Waals surface area (Å²) in [6, 6.07) is 19.3. The van der Waals surface area contributed by atoms with E-state index in [1.165, 1.54) is 21.5 Å². The molecule has 24 heavy (non-hydrogen) atoms. The maximum atomic E-state index is 6.94. The molecule has 1 N–H and O–H groups in total. The number of hydrogen-bond acceptors (Lipinski definition) is 0. The third-order valence-electron chi connectivity index (χ3n) is 2.52. The molecule has 0 spiro atoms. The van der Waals surface area contributed by atoms with Crippen LogP contribution in [0, 0.1) is 14.9 Å². The van der Waals surface area contributed by atoms with Gasteiger partial charge in [-0.3, -0.25) is 0 Å². The van der Waals surface area contributed by atoms with Gasteiger partial charge in [0.15, 0.2) is 0 Å². The Balaban J connectivity index is 0. The summed E-state index contributed by atoms with van der Waals surface area (Å²) in [5.74, 6) is 0. The van der Waals surface area contributed by atoms with Crippen molar-refractivity contribution in [3.05, 3.63) is 75.2 Å². The van der Waals surface area contributed by atoms with E-state index in [1.54, 1.807) is 0 Å². The van der Waals surface area contributed by atoms with Crippen molar-refractivity contribution in [3.8, 4) is 0 Å². The quantitative estimate of drug-likeness (QED) is 0.272. The Morgan fingerprint density at radius 2 is 1.12 bits per heavy atom. The summed E-state index contributed by atoms with van der Waals surface area (Å²) >= 11 is -1.64. The molecular weight excluding hydrogens is 373 g/mol. The molecular formula is C20H27Cl2NTi-4. The van der Waals surface area contributed by atoms with E-state index in [4.69, 9.17) is 24.3 Å². The van der Waals surface area contributed by atoms with E-state index >= 15 is 0 Å². The van der Waals surface area contributed by atoms with Gasteiger partial charge in [0.1, 0.15) is 0 Å². The van der Waals surface area contributed by atoms with Crippen molar-refractivity contribution in [2.45, 2.75) is 26.3 Å². The predicted molar refractivity (Wildman–Crippen MR) is 113 cm³/mol. The van der Waals surface area contributed by atoms with Crippen molar-refractivity contribution >= 4 is 45.0 Å². The second-order valence-electron chi connectivity index (χ2n) is 5.91. The van der Waals surface area contributed by atoms with E-state index in [2.05, 4.69) is 59.4 Å². The molecule has 0 saturated carbocycles. The fraction of sp³-hybridized carbons (Fsp3) is 0.200. The topological polar surface area (TPSA) is 23.8 Å². The van der Waals surface area contributed by atoms with Gasteiger partial charge in [0.2, 0.25) is 0 Å². The van der Waals surface area contributed by atoms with E-state index < -0.39 is 15.3 Å². The molecule has 0 heterocycles. The van der Waals surface area contributed by atoms with Crippen LogP contribution in [0.3, 0.4) is 0 Å². The number of rotatable bonds is 0. The van der Waals surface area contributed by atoms with Crippen LogP contribution in [0.2, 0.25) is 0 Å². The van der Waals surface area contributed by atoms with Crippen LogP contribution in [0.1, 0.15) is 20.8 Å². The van der Waals surface area contributed by atoms with Gasteiger partial charge in [0.05, 0.1) is 0 Å². The monoisotopic (exact) mass is 399 g/mol. The van der Waals surface area contributed by atoms with Crippen LogP contribution in [0.4, 0.5) is 0 Å². The van der Waals surface area contributed by atoms with Gasteiger partial charge in [-0.2, -0.15) is 0 Å². The average Bonchev–Trinajstić information content (AvgIpc) is 2.74. The normalized spacial score (nSPS) is 9.58. The largest absolute Gasteiger partial charge is 0.358 e. The number of benzene rings is 2. The Morgan fingerprint density at radius 1 is 0.875 bits per heavy atom. The van der Waals surface area contributed by atoms with Gasteiger partial charge in [-0.15, -0.1) is 45.3 Å². The molecule has 0 amide bonds. The average molecular weight is 400 g/mol. The fourth-order valence-corrected chi connectivity index (χ4v) is 1.90. The molecule has 0 unspecified atom stereocenters. The van der Waals surface area contributed by atoms with Crippen LogP contribution >= 0.6 is 18.6 Å². The summed E-state index contributed by atoms with van der Waals surface area (Å²) in [7, 11) is 10.2. The Hall–Kier alpha value is -0.566. The first-order valence-electron chi connectivity index (χ1n) is 6.96. The van der Waals surface area contributed by atoms with Gasteiger partial charge in [-0.1, -0.05) is 57.2 Å². The van der Waals surface area contributed by atoms with E-state index in [1.807, 2.05) is 20.8 Å². The SMILES string of the molecule is CC(C)(C)[NH-].[CH2]=[Ti]([Cl])[Cl].[CH3-].[CH3-].c1ccc2c(c1)[cH-]c1ccccc12. The zero-order valence-corrected chi connectivity index (χ0v) is 18.2. The summed E-state index contributed by atoms with van der Waals surface area (Å²) in [6.45, 7) is 5.56. The van der Waals surface area contributed by atoms with E-state index in [0.717, 1.165) is 0 Å². The molecule has 0 aliphatic rings. The summed E-state index contributed by atoms with van der Waals surface area (Å²) in [4.78, 5) is 3.34. The third-order valence-corrected chi connectivity index (χ3v) is 2.52. The van der Waals surface area contributed by atoms with Gasteiger partial charge < -0.3 is 20.6 Å². The minimum atomic E-state index is -1.64. The van der Waals surface area contributed by atoms with E-state index in [0.29, 0.717) is 0 Å². The summed E-state index contributed by atoms with van der Waals surface area (Å²) in [5, 5.41) is 5.39. The van der Waals surface area contributed by atoms with Crippen molar-refractivity contribution in [1.29, 1.82) is 0 Å². The second-order valence-corrected chi connectivity index (χ2v) is 11.5. The maximum Gasteiger partial charge on any atom is -0.0771 e. The first kappa shape index (κ1) is 25.7. The molecule has 0 radical (unpaired) electrons. The van der Waals surface area contributed by atoms with Crippen molar-refractivity contribution in [1.82, 2.24) is 0 Å². The fourth-order valence-electron chi connectivity index (χ4n) is 1.90. The van der Waals surface area contributed by atoms with Crippen LogP contribution in [0.15, 0.2) is 54.6 Å². The van der Waals surface area contributed by atoms with Crippen molar-refractivity contribution in [2.24, 2.45) is 0 Å². The van der Waals surface area contributed by atoms with Gasteiger partial charge in [-0.25, -0.2) is 0 Å². The van der Waals surface area contributed by atoms with Gasteiger partial charge in [0, 0.05) is 0 Å². The number of hydrogen-bond donors (Lipinski definition) is 0. The van der Waals surface area contributed by atoms with Gasteiger partial charge in [0.25, 0.3) is 0 Å². The van der Waals surface area contributed by atoms with Crippen LogP contribution < -0.4 is 0 Å². The first-order valence-corrected chi connectivity index (χ1v) is 12.4. The minimum absolute atomic E-state index is 0. The molecule has 0 aliphatic heterocycles. The molecule has 0 aromatic heterocycles. The molecule has 3 rings (SSSR count). The Kier molecular flexibility index (Phi) is 12.7. The van der Waals surface area contributed by atoms with Crippen molar-refractivity contribution in [3.63, 3.8) is 0 Å². The molecule has 4 heteroatoms. The molecule has 1 nitrogen and oxygen atoms in total. The smallest absolute Gasteiger partial charge is 0.0771 e. The molecule has 3 aromatic carbocycles. The molecule has 3 aromatic rings. The molecule has 0 fully saturated rings. The predicted octanol–water partition coefficient (Wildman–Crippen LogP) is 7.79. The Bertz CT molecular complexity index is 682. The van der Waals surface area contributed by atoms with Crippen LogP contribution in [-0.4, -0.2) is 10.4 Å². The van der Waals surface area contributed by atoms with E-state index in [9.17, 15) is 0 Å². The molecule has 0 bridgehead atoms. The summed E-state index contributed by atoms with van der Waals surface area (Å²) in [5.41, 5.74) is 6.69. The summed E-state index contributed by atoms with van der Waals surface area (Å²) < 4.78 is 0. The molecule has 0 atom stereocenters. The van der Waals surface area contributed by atoms with Crippen molar-refractivity contribution in [2.75, 3.05) is 0 Å². The van der Waals surface area contributed by atoms with Crippen LogP contribution in [0.5, 0.6) is 0 Å². The Morgan fingerprint density at radius 3 is 1.42 bits per heavy atom. The van der Waals surface area contributed by atoms with Crippen LogP contribution in [0.25, 0.3) is 27.3 Å². The Labute approximate surface area is 161 Å². The third kappa shape index (κ3) is 10.3. The molecule has 134 valence electrons. The van der Waals surface area contributed by atoms with Gasteiger partial charge in [-0.05, 0) is 0 Å². The standard InChI is InChI=1S/C13H9.C4H10N.2CH3.CH2.2ClH.Ti/c1-3-7-12-10(5-1)9-11-6-2-4-8-13(11)12;1-4(2,3)5;;;;;;/h1-9H;5H,1-3H3;2*1H3;1H2;2*1H;/q4*-1;;;;+2/p-2. The first-order chi connectivity index (χ1) is 10.2. The zero-order valence-electron chi connectivity index (χ0n) is 15.2. The second kappa shape index (κ2) is 11.9. The van der Waals surface area contributed by atoms with Gasteiger partial charge >= 0.3 is 38.7 Å². The van der Waals surface area contributed by atoms with Crippen LogP contribution in [-0.2, 0) is 15.3 Å². The minimum Gasteiger partial charge on any atom is -0.358 e. The molecule has 0 aliphatic carbocycles. The van der Waals surface area contributed by atoms with E-state index in [-0.39, 0.29) is 20.4 Å². The number of halogens is 2. The maximum absolute atomic E-state index is 6.94. The zero-order chi connectivity index (χ0) is 16.8. The number of nitrogens with one attached hydrogen (secondary N) is 1. The van der Waals surface area contributed by atoms with Crippen molar-refractivity contribution < 1.29 is 15.3 Å².